The van der Waals surface area contributed by atoms with E-state index in [1.165, 1.54) is 7.11 Å². The normalized spacial score (nSPS) is 10.3. The molecule has 1 N–H and O–H groups in total. The number of aromatic amines is 1. The number of nitrogens with one attached hydrogen (secondary N) is 1. The second kappa shape index (κ2) is 5.18. The lowest BCUT2D eigenvalue weighted by Gasteiger charge is -2.06. The quantitative estimate of drug-likeness (QED) is 0.863. The van der Waals surface area contributed by atoms with Gasteiger partial charge in [-0.2, -0.15) is 0 Å². The van der Waals surface area contributed by atoms with Gasteiger partial charge < -0.3 is 9.72 Å². The highest BCUT2D eigenvalue weighted by Crippen LogP contribution is 2.14. The van der Waals surface area contributed by atoms with Crippen LogP contribution >= 0.6 is 11.3 Å². The Labute approximate surface area is 108 Å². The SMILES string of the molecule is COC(=O)c1cc(Cc2cccs2)c(=O)[nH]c1C. The summed E-state index contributed by atoms with van der Waals surface area (Å²) in [7, 11) is 1.33. The van der Waals surface area contributed by atoms with Crippen LogP contribution in [0, 0.1) is 6.92 Å². The van der Waals surface area contributed by atoms with E-state index in [9.17, 15) is 9.59 Å². The maximum absolute atomic E-state index is 11.8. The highest BCUT2D eigenvalue weighted by molar-refractivity contribution is 7.09. The average Bonchev–Trinajstić information content (AvgIpc) is 2.84. The Morgan fingerprint density at radius 2 is 2.28 bits per heavy atom. The molecule has 0 saturated heterocycles. The van der Waals surface area contributed by atoms with E-state index in [0.717, 1.165) is 4.88 Å². The Hall–Kier alpha value is -1.88. The van der Waals surface area contributed by atoms with Gasteiger partial charge in [0, 0.05) is 22.6 Å². The lowest BCUT2D eigenvalue weighted by molar-refractivity contribution is 0.0599. The van der Waals surface area contributed by atoms with E-state index in [4.69, 9.17) is 0 Å². The Morgan fingerprint density at radius 3 is 2.89 bits per heavy atom. The molecule has 0 aromatic carbocycles. The van der Waals surface area contributed by atoms with Gasteiger partial charge in [-0.05, 0) is 24.4 Å². The number of esters is 1. The molecule has 0 aliphatic heterocycles. The Balaban J connectivity index is 2.41. The highest BCUT2D eigenvalue weighted by atomic mass is 32.1. The first kappa shape index (κ1) is 12.6. The first-order valence-electron chi connectivity index (χ1n) is 5.45. The minimum Gasteiger partial charge on any atom is -0.465 e. The van der Waals surface area contributed by atoms with Gasteiger partial charge in [0.05, 0.1) is 12.7 Å². The molecule has 2 heterocycles. The number of carbonyl (C=O) groups is 1. The van der Waals surface area contributed by atoms with Gasteiger partial charge >= 0.3 is 5.97 Å². The van der Waals surface area contributed by atoms with Crippen molar-refractivity contribution in [2.75, 3.05) is 7.11 Å². The molecule has 2 aromatic heterocycles. The van der Waals surface area contributed by atoms with Crippen molar-refractivity contribution in [1.29, 1.82) is 0 Å². The zero-order chi connectivity index (χ0) is 13.1. The molecule has 0 bridgehead atoms. The van der Waals surface area contributed by atoms with E-state index in [2.05, 4.69) is 9.72 Å². The summed E-state index contributed by atoms with van der Waals surface area (Å²) in [5, 5.41) is 1.96. The van der Waals surface area contributed by atoms with Crippen LogP contribution in [0.15, 0.2) is 28.4 Å². The second-order valence-corrected chi connectivity index (χ2v) is 4.94. The molecule has 0 atom stereocenters. The number of aromatic nitrogens is 1. The summed E-state index contributed by atoms with van der Waals surface area (Å²) < 4.78 is 4.69. The van der Waals surface area contributed by atoms with E-state index in [1.807, 2.05) is 17.5 Å². The monoisotopic (exact) mass is 263 g/mol. The Bertz CT molecular complexity index is 614. The molecule has 2 rings (SSSR count). The van der Waals surface area contributed by atoms with Crippen LogP contribution < -0.4 is 5.56 Å². The van der Waals surface area contributed by atoms with Crippen LogP contribution in [0.3, 0.4) is 0 Å². The molecule has 0 saturated carbocycles. The van der Waals surface area contributed by atoms with E-state index >= 15 is 0 Å². The fourth-order valence-corrected chi connectivity index (χ4v) is 2.45. The molecule has 0 fully saturated rings. The van der Waals surface area contributed by atoms with Crippen molar-refractivity contribution in [3.63, 3.8) is 0 Å². The van der Waals surface area contributed by atoms with Gasteiger partial charge in [0.15, 0.2) is 0 Å². The van der Waals surface area contributed by atoms with Crippen molar-refractivity contribution in [3.8, 4) is 0 Å². The van der Waals surface area contributed by atoms with Crippen molar-refractivity contribution < 1.29 is 9.53 Å². The van der Waals surface area contributed by atoms with E-state index in [1.54, 1.807) is 24.3 Å². The minimum atomic E-state index is -0.434. The summed E-state index contributed by atoms with van der Waals surface area (Å²) in [6.45, 7) is 1.68. The molecule has 5 heteroatoms. The first-order chi connectivity index (χ1) is 8.61. The third-order valence-electron chi connectivity index (χ3n) is 2.67. The van der Waals surface area contributed by atoms with Gasteiger partial charge in [-0.1, -0.05) is 6.07 Å². The number of thiophene rings is 1. The lowest BCUT2D eigenvalue weighted by atomic mass is 10.1. The number of carbonyl (C=O) groups excluding carboxylic acids is 1. The van der Waals surface area contributed by atoms with Crippen molar-refractivity contribution in [2.24, 2.45) is 0 Å². The van der Waals surface area contributed by atoms with Crippen molar-refractivity contribution in [3.05, 3.63) is 55.6 Å². The molecule has 0 spiro atoms. The maximum Gasteiger partial charge on any atom is 0.339 e. The van der Waals surface area contributed by atoms with Crippen LogP contribution in [-0.2, 0) is 11.2 Å². The Kier molecular flexibility index (Phi) is 3.62. The van der Waals surface area contributed by atoms with Crippen LogP contribution in [0.2, 0.25) is 0 Å². The van der Waals surface area contributed by atoms with Crippen molar-refractivity contribution in [1.82, 2.24) is 4.98 Å². The molecule has 94 valence electrons. The number of aryl methyl sites for hydroxylation is 1. The molecule has 0 unspecified atom stereocenters. The molecular weight excluding hydrogens is 250 g/mol. The topological polar surface area (TPSA) is 59.2 Å². The van der Waals surface area contributed by atoms with Crippen molar-refractivity contribution >= 4 is 17.3 Å². The number of H-pyrrole nitrogens is 1. The van der Waals surface area contributed by atoms with Crippen LogP contribution in [0.1, 0.15) is 26.5 Å². The van der Waals surface area contributed by atoms with Crippen LogP contribution in [0.5, 0.6) is 0 Å². The number of hydrogen-bond donors (Lipinski definition) is 1. The summed E-state index contributed by atoms with van der Waals surface area (Å²) in [6.07, 6.45) is 0.525. The largest absolute Gasteiger partial charge is 0.465 e. The van der Waals surface area contributed by atoms with Crippen LogP contribution in [0.25, 0.3) is 0 Å². The predicted octanol–water partition coefficient (Wildman–Crippen LogP) is 2.12. The molecule has 0 radical (unpaired) electrons. The average molecular weight is 263 g/mol. The van der Waals surface area contributed by atoms with Crippen molar-refractivity contribution in [2.45, 2.75) is 13.3 Å². The fourth-order valence-electron chi connectivity index (χ4n) is 1.72. The maximum atomic E-state index is 11.8. The molecule has 0 amide bonds. The standard InChI is InChI=1S/C13H13NO3S/c1-8-11(13(16)17-2)7-9(12(15)14-8)6-10-4-3-5-18-10/h3-5,7H,6H2,1-2H3,(H,14,15). The van der Waals surface area contributed by atoms with E-state index in [0.29, 0.717) is 23.2 Å². The summed E-state index contributed by atoms with van der Waals surface area (Å²) >= 11 is 1.58. The summed E-state index contributed by atoms with van der Waals surface area (Å²) in [6, 6.07) is 5.51. The third kappa shape index (κ3) is 2.51. The van der Waals surface area contributed by atoms with Crippen LogP contribution in [0.4, 0.5) is 0 Å². The van der Waals surface area contributed by atoms with Gasteiger partial charge in [0.25, 0.3) is 5.56 Å². The molecule has 18 heavy (non-hydrogen) atoms. The molecule has 2 aromatic rings. The van der Waals surface area contributed by atoms with E-state index in [-0.39, 0.29) is 5.56 Å². The number of methoxy groups -OCH3 is 1. The number of hydrogen-bond acceptors (Lipinski definition) is 4. The summed E-state index contributed by atoms with van der Waals surface area (Å²) in [5.74, 6) is -0.434. The zero-order valence-corrected chi connectivity index (χ0v) is 11.0. The lowest BCUT2D eigenvalue weighted by Crippen LogP contribution is -2.18. The number of rotatable bonds is 3. The molecule has 0 aliphatic carbocycles. The summed E-state index contributed by atoms with van der Waals surface area (Å²) in [4.78, 5) is 27.2. The third-order valence-corrected chi connectivity index (χ3v) is 3.54. The Morgan fingerprint density at radius 1 is 1.50 bits per heavy atom. The smallest absolute Gasteiger partial charge is 0.339 e. The van der Waals surface area contributed by atoms with Crippen LogP contribution in [-0.4, -0.2) is 18.1 Å². The zero-order valence-electron chi connectivity index (χ0n) is 10.1. The van der Waals surface area contributed by atoms with Gasteiger partial charge in [-0.25, -0.2) is 4.79 Å². The summed E-state index contributed by atoms with van der Waals surface area (Å²) in [5.41, 5.74) is 1.35. The van der Waals surface area contributed by atoms with E-state index < -0.39 is 5.97 Å². The molecular formula is C13H13NO3S. The van der Waals surface area contributed by atoms with Gasteiger partial charge in [0.2, 0.25) is 0 Å². The first-order valence-corrected chi connectivity index (χ1v) is 6.33. The van der Waals surface area contributed by atoms with Gasteiger partial charge in [-0.3, -0.25) is 4.79 Å². The fraction of sp³-hybridized carbons (Fsp3) is 0.231. The second-order valence-electron chi connectivity index (χ2n) is 3.91. The van der Waals surface area contributed by atoms with Gasteiger partial charge in [-0.15, -0.1) is 11.3 Å². The molecule has 0 aliphatic rings. The minimum absolute atomic E-state index is 0.159. The number of pyridine rings is 1. The number of ether oxygens (including phenoxy) is 1. The highest BCUT2D eigenvalue weighted by Gasteiger charge is 2.13. The predicted molar refractivity (Wildman–Crippen MR) is 70.3 cm³/mol. The van der Waals surface area contributed by atoms with Gasteiger partial charge in [0.1, 0.15) is 0 Å². The molecule has 4 nitrogen and oxygen atoms in total.